The Labute approximate surface area is 643 Å². The molecule has 0 spiro atoms. The van der Waals surface area contributed by atoms with Gasteiger partial charge in [-0.3, -0.25) is 0 Å². The second-order valence-electron chi connectivity index (χ2n) is 36.0. The van der Waals surface area contributed by atoms with Gasteiger partial charge in [0, 0.05) is 0 Å². The van der Waals surface area contributed by atoms with Crippen LogP contribution in [-0.4, -0.2) is 143 Å². The van der Waals surface area contributed by atoms with Gasteiger partial charge in [-0.05, 0) is 150 Å². The normalized spacial score (nSPS) is 32.1. The molecule has 0 amide bonds. The molecule has 1 aliphatic heterocycles. The number of aliphatic hydroxyl groups excluding tert-OH is 7. The SMILES string of the molecule is CC1=CCOCC(CO)OCC=C(C)CCCC(C)CCCC(C)CCCC(C)CCC(C)CCCC(C)CCCC(C)CCCC(C)=CCOCC(C(O)C(O)(CO)C(O)C(O)C(O)CO)OCC=C(C)CCCC(C)CCCC(C)CCCC(C)CCC(C)CCCC(C)CCCC(C)CCC1. The van der Waals surface area contributed by atoms with Gasteiger partial charge in [0.05, 0.1) is 59.5 Å². The second kappa shape index (κ2) is 63.0. The number of allylic oxidation sites excluding steroid dienone is 4. The third-order valence-electron chi connectivity index (χ3n) is 24.5. The summed E-state index contributed by atoms with van der Waals surface area (Å²) < 4.78 is 24.1. The van der Waals surface area contributed by atoms with Crippen molar-refractivity contribution in [3.8, 4) is 0 Å². The highest BCUT2D eigenvalue weighted by Gasteiger charge is 2.50. The first-order valence-electron chi connectivity index (χ1n) is 43.9. The van der Waals surface area contributed by atoms with E-state index in [4.69, 9.17) is 18.9 Å². The van der Waals surface area contributed by atoms with Gasteiger partial charge in [-0.15, -0.1) is 0 Å². The Morgan fingerprint density at radius 3 is 0.837 bits per heavy atom. The van der Waals surface area contributed by atoms with Crippen LogP contribution in [0.3, 0.4) is 0 Å². The molecule has 19 unspecified atom stereocenters. The molecule has 12 nitrogen and oxygen atoms in total. The van der Waals surface area contributed by atoms with Crippen LogP contribution in [0.4, 0.5) is 0 Å². The van der Waals surface area contributed by atoms with Gasteiger partial charge >= 0.3 is 0 Å². The molecule has 0 saturated carbocycles. The van der Waals surface area contributed by atoms with Gasteiger partial charge in [-0.2, -0.15) is 0 Å². The van der Waals surface area contributed by atoms with Crippen LogP contribution in [0.2, 0.25) is 0 Å². The highest BCUT2D eigenvalue weighted by Crippen LogP contribution is 2.31. The zero-order valence-electron chi connectivity index (χ0n) is 71.1. The van der Waals surface area contributed by atoms with Gasteiger partial charge in [0.15, 0.2) is 0 Å². The smallest absolute Gasteiger partial charge is 0.144 e. The Morgan fingerprint density at radius 2 is 0.577 bits per heavy atom. The summed E-state index contributed by atoms with van der Waals surface area (Å²) in [4.78, 5) is 0. The largest absolute Gasteiger partial charge is 0.394 e. The van der Waals surface area contributed by atoms with E-state index in [0.717, 1.165) is 110 Å². The molecule has 0 aromatic carbocycles. The van der Waals surface area contributed by atoms with Crippen LogP contribution in [0.1, 0.15) is 368 Å². The summed E-state index contributed by atoms with van der Waals surface area (Å²) in [6.45, 7) is 37.6. The second-order valence-corrected chi connectivity index (χ2v) is 36.0. The standard InChI is InChI=1S/C92H176O12/c1-70-29-17-33-74(5)41-25-49-82(13)57-61-101-67-86(65-93)103-63-59-84(15)51-27-43-76(7)35-19-31-72(3)39-23-47-80(11)55-53-79(10)46-22-38-71(2)30-18-34-75(6)42-26-50-83(14)58-62-102-68-88(90(98)92(100,69-95)91(99)89(97)87(96)66-94)104-64-60-85(16)52-28-44-77(8)36-20-32-73(4)40-24-48-81(12)56-54-78(9)45-21-37-70/h57-60,70-81,86-91,93-100H,17-56,61-69H2,1-16H3. The molecule has 1 aliphatic rings. The fourth-order valence-electron chi connectivity index (χ4n) is 15.8. The van der Waals surface area contributed by atoms with Crippen LogP contribution < -0.4 is 0 Å². The maximum atomic E-state index is 11.5. The molecule has 0 fully saturated rings. The van der Waals surface area contributed by atoms with Gasteiger partial charge in [0.2, 0.25) is 0 Å². The molecule has 0 bridgehead atoms. The van der Waals surface area contributed by atoms with Crippen molar-refractivity contribution in [2.75, 3.05) is 59.5 Å². The molecule has 0 aromatic heterocycles. The number of ether oxygens (including phenoxy) is 4. The number of hydrogen-bond acceptors (Lipinski definition) is 12. The van der Waals surface area contributed by atoms with Crippen molar-refractivity contribution in [3.63, 3.8) is 0 Å². The molecule has 0 aromatic rings. The molecule has 1 rings (SSSR count). The van der Waals surface area contributed by atoms with Crippen molar-refractivity contribution in [1.82, 2.24) is 0 Å². The van der Waals surface area contributed by atoms with E-state index in [-0.39, 0.29) is 32.5 Å². The summed E-state index contributed by atoms with van der Waals surface area (Å²) in [5.41, 5.74) is 2.43. The summed E-state index contributed by atoms with van der Waals surface area (Å²) in [5, 5.41) is 84.3. The minimum Gasteiger partial charge on any atom is -0.394 e. The molecule has 1 heterocycles. The minimum atomic E-state index is -2.69. The van der Waals surface area contributed by atoms with E-state index < -0.39 is 49.3 Å². The Morgan fingerprint density at radius 1 is 0.337 bits per heavy atom. The minimum absolute atomic E-state index is 0.0240. The average molecular weight is 1470 g/mol. The molecule has 12 heteroatoms. The lowest BCUT2D eigenvalue weighted by Gasteiger charge is -2.41. The first-order valence-corrected chi connectivity index (χ1v) is 43.9. The molecule has 0 aliphatic carbocycles. The van der Waals surface area contributed by atoms with Crippen LogP contribution in [0.5, 0.6) is 0 Å². The third kappa shape index (κ3) is 52.6. The predicted octanol–water partition coefficient (Wildman–Crippen LogP) is 22.0. The first kappa shape index (κ1) is 100. The van der Waals surface area contributed by atoms with E-state index in [9.17, 15) is 40.9 Å². The summed E-state index contributed by atoms with van der Waals surface area (Å²) >= 11 is 0. The maximum absolute atomic E-state index is 11.5. The lowest BCUT2D eigenvalue weighted by Crippen LogP contribution is -2.65. The maximum Gasteiger partial charge on any atom is 0.144 e. The zero-order valence-corrected chi connectivity index (χ0v) is 71.1. The third-order valence-corrected chi connectivity index (χ3v) is 24.5. The summed E-state index contributed by atoms with van der Waals surface area (Å²) in [6.07, 6.45) is 49.7. The molecular formula is C92H176O12. The van der Waals surface area contributed by atoms with Gasteiger partial charge in [0.25, 0.3) is 0 Å². The monoisotopic (exact) mass is 1470 g/mol. The molecule has 104 heavy (non-hydrogen) atoms. The van der Waals surface area contributed by atoms with E-state index in [1.165, 1.54) is 229 Å². The Hall–Kier alpha value is -1.52. The average Bonchev–Trinajstić information content (AvgIpc) is 0.799. The van der Waals surface area contributed by atoms with E-state index in [1.807, 2.05) is 12.2 Å². The van der Waals surface area contributed by atoms with Crippen LogP contribution >= 0.6 is 0 Å². The van der Waals surface area contributed by atoms with Crippen LogP contribution in [0.15, 0.2) is 46.6 Å². The van der Waals surface area contributed by atoms with Gasteiger partial charge in [-0.1, -0.05) is 335 Å². The van der Waals surface area contributed by atoms with Crippen molar-refractivity contribution in [1.29, 1.82) is 0 Å². The highest BCUT2D eigenvalue weighted by molar-refractivity contribution is 5.04. The first-order chi connectivity index (χ1) is 49.6. The molecule has 616 valence electrons. The van der Waals surface area contributed by atoms with Crippen molar-refractivity contribution < 1.29 is 59.8 Å². The van der Waals surface area contributed by atoms with Crippen LogP contribution in [0, 0.1) is 71.0 Å². The highest BCUT2D eigenvalue weighted by atomic mass is 16.5. The fourth-order valence-corrected chi connectivity index (χ4v) is 15.8. The molecular weight excluding hydrogens is 1300 g/mol. The van der Waals surface area contributed by atoms with E-state index >= 15 is 0 Å². The van der Waals surface area contributed by atoms with Crippen molar-refractivity contribution >= 4 is 0 Å². The zero-order chi connectivity index (χ0) is 77.5. The molecule has 19 atom stereocenters. The molecule has 8 N–H and O–H groups in total. The molecule has 0 saturated heterocycles. The predicted molar refractivity (Wildman–Crippen MR) is 441 cm³/mol. The lowest BCUT2D eigenvalue weighted by molar-refractivity contribution is -0.235. The summed E-state index contributed by atoms with van der Waals surface area (Å²) in [5.74, 6) is 9.21. The Balaban J connectivity index is 2.83. The van der Waals surface area contributed by atoms with Crippen LogP contribution in [0.25, 0.3) is 0 Å². The molecule has 0 radical (unpaired) electrons. The Kier molecular flexibility index (Phi) is 60.9. The van der Waals surface area contributed by atoms with Gasteiger partial charge in [0.1, 0.15) is 42.2 Å². The van der Waals surface area contributed by atoms with Gasteiger partial charge in [-0.25, -0.2) is 0 Å². The lowest BCUT2D eigenvalue weighted by atomic mass is 9.83. The topological polar surface area (TPSA) is 199 Å². The Bertz CT molecular complexity index is 2110. The van der Waals surface area contributed by atoms with E-state index in [0.29, 0.717) is 31.7 Å². The summed E-state index contributed by atoms with van der Waals surface area (Å²) in [7, 11) is 0. The number of aliphatic hydroxyl groups is 8. The van der Waals surface area contributed by atoms with E-state index in [2.05, 4.69) is 123 Å². The summed E-state index contributed by atoms with van der Waals surface area (Å²) in [6, 6.07) is 0. The van der Waals surface area contributed by atoms with E-state index in [1.54, 1.807) is 0 Å². The number of rotatable bonds is 8. The van der Waals surface area contributed by atoms with Crippen molar-refractivity contribution in [2.45, 2.75) is 410 Å². The van der Waals surface area contributed by atoms with Crippen LogP contribution in [-0.2, 0) is 18.9 Å². The van der Waals surface area contributed by atoms with Crippen molar-refractivity contribution in [3.05, 3.63) is 46.6 Å². The fraction of sp³-hybridized carbons (Fsp3) is 0.913. The van der Waals surface area contributed by atoms with Crippen molar-refractivity contribution in [2.24, 2.45) is 71.0 Å². The number of hydrogen-bond donors (Lipinski definition) is 8. The quantitative estimate of drug-likeness (QED) is 0.107. The van der Waals surface area contributed by atoms with Gasteiger partial charge < -0.3 is 59.8 Å².